The zero-order valence-electron chi connectivity index (χ0n) is 40.9. The van der Waals surface area contributed by atoms with Crippen LogP contribution in [0.4, 0.5) is 17.1 Å². The third kappa shape index (κ3) is 8.90. The van der Waals surface area contributed by atoms with Gasteiger partial charge in [-0.25, -0.2) is 0 Å². The van der Waals surface area contributed by atoms with E-state index in [0.717, 1.165) is 22.7 Å². The minimum Gasteiger partial charge on any atom is -0.310 e. The number of para-hydroxylation sites is 2. The standard InChI is InChI=1S/C63H48N2.2C2H6/c1-43-20-13-14-27-54(43)55-29-17-30-56(44(55)2)57-31-18-34-60(45(57)3)64(53-41-49(46-21-7-4-8-22-46)40-50(42-53)47-23-9-5-10-24-47)52-38-36-48(37-39-52)58-32-19-35-62-63(58)59-28-15-16-33-61(59)65(62)51-25-11-6-12-26-51;2*1-2/h4-42H,1-3H3;2*1-2H3. The topological polar surface area (TPSA) is 8.17 Å². The number of hydrogen-bond donors (Lipinski definition) is 0. The maximum absolute atomic E-state index is 2.46. The Morgan fingerprint density at radius 2 is 0.797 bits per heavy atom. The van der Waals surface area contributed by atoms with Gasteiger partial charge in [0.15, 0.2) is 0 Å². The van der Waals surface area contributed by atoms with Crippen molar-refractivity contribution < 1.29 is 0 Å². The third-order valence-electron chi connectivity index (χ3n) is 13.1. The van der Waals surface area contributed by atoms with Crippen LogP contribution in [0.2, 0.25) is 0 Å². The van der Waals surface area contributed by atoms with Crippen molar-refractivity contribution in [2.75, 3.05) is 4.90 Å². The average molecular weight is 893 g/mol. The molecule has 0 radical (unpaired) electrons. The Bertz CT molecular complexity index is 3430. The number of aromatic nitrogens is 1. The van der Waals surface area contributed by atoms with Gasteiger partial charge in [-0.1, -0.05) is 204 Å². The van der Waals surface area contributed by atoms with E-state index in [4.69, 9.17) is 0 Å². The summed E-state index contributed by atoms with van der Waals surface area (Å²) in [6, 6.07) is 86.2. The summed E-state index contributed by atoms with van der Waals surface area (Å²) in [6.07, 6.45) is 0. The van der Waals surface area contributed by atoms with E-state index in [1.165, 1.54) is 94.1 Å². The fourth-order valence-electron chi connectivity index (χ4n) is 9.92. The van der Waals surface area contributed by atoms with Gasteiger partial charge in [-0.15, -0.1) is 0 Å². The van der Waals surface area contributed by atoms with Gasteiger partial charge in [-0.05, 0) is 154 Å². The Kier molecular flexibility index (Phi) is 13.8. The molecule has 0 aliphatic rings. The molecule has 338 valence electrons. The minimum absolute atomic E-state index is 1.09. The van der Waals surface area contributed by atoms with Crippen LogP contribution >= 0.6 is 0 Å². The zero-order chi connectivity index (χ0) is 47.9. The predicted molar refractivity (Wildman–Crippen MR) is 300 cm³/mol. The first-order valence-electron chi connectivity index (χ1n) is 24.5. The van der Waals surface area contributed by atoms with Crippen LogP contribution in [0.5, 0.6) is 0 Å². The second kappa shape index (κ2) is 20.8. The molecule has 0 spiro atoms. The summed E-state index contributed by atoms with van der Waals surface area (Å²) in [5.74, 6) is 0. The number of hydrogen-bond acceptors (Lipinski definition) is 1. The molecule has 0 amide bonds. The second-order valence-electron chi connectivity index (χ2n) is 17.0. The molecule has 69 heavy (non-hydrogen) atoms. The molecule has 0 N–H and O–H groups in total. The molecule has 0 atom stereocenters. The lowest BCUT2D eigenvalue weighted by Gasteiger charge is -2.29. The highest BCUT2D eigenvalue weighted by molar-refractivity contribution is 6.15. The molecule has 2 heteroatoms. The normalized spacial score (nSPS) is 10.8. The molecular formula is C67H60N2. The largest absolute Gasteiger partial charge is 0.310 e. The van der Waals surface area contributed by atoms with Crippen molar-refractivity contribution in [1.29, 1.82) is 0 Å². The summed E-state index contributed by atoms with van der Waals surface area (Å²) >= 11 is 0. The van der Waals surface area contributed by atoms with Crippen molar-refractivity contribution in [1.82, 2.24) is 4.57 Å². The van der Waals surface area contributed by atoms with E-state index in [0.29, 0.717) is 0 Å². The Morgan fingerprint density at radius 3 is 1.43 bits per heavy atom. The van der Waals surface area contributed by atoms with E-state index in [9.17, 15) is 0 Å². The van der Waals surface area contributed by atoms with E-state index in [1.807, 2.05) is 27.7 Å². The zero-order valence-corrected chi connectivity index (χ0v) is 40.9. The Hall–Kier alpha value is -8.20. The van der Waals surface area contributed by atoms with Crippen LogP contribution in [-0.2, 0) is 0 Å². The first kappa shape index (κ1) is 45.9. The van der Waals surface area contributed by atoms with Crippen LogP contribution in [0.3, 0.4) is 0 Å². The molecule has 1 heterocycles. The van der Waals surface area contributed by atoms with Crippen LogP contribution in [0.25, 0.3) is 83.1 Å². The molecule has 0 unspecified atom stereocenters. The van der Waals surface area contributed by atoms with Gasteiger partial charge in [0.25, 0.3) is 0 Å². The molecule has 0 aliphatic heterocycles. The monoisotopic (exact) mass is 892 g/mol. The summed E-state index contributed by atoms with van der Waals surface area (Å²) in [4.78, 5) is 2.46. The molecular weight excluding hydrogens is 833 g/mol. The molecule has 0 aliphatic carbocycles. The van der Waals surface area contributed by atoms with E-state index < -0.39 is 0 Å². The van der Waals surface area contributed by atoms with Gasteiger partial charge >= 0.3 is 0 Å². The molecule has 0 saturated carbocycles. The maximum Gasteiger partial charge on any atom is 0.0547 e. The molecule has 0 fully saturated rings. The van der Waals surface area contributed by atoms with Crippen LogP contribution < -0.4 is 4.90 Å². The lowest BCUT2D eigenvalue weighted by Crippen LogP contribution is -2.12. The minimum atomic E-state index is 1.09. The predicted octanol–water partition coefficient (Wildman–Crippen LogP) is 19.6. The van der Waals surface area contributed by atoms with E-state index in [1.54, 1.807) is 0 Å². The lowest BCUT2D eigenvalue weighted by molar-refractivity contribution is 1.18. The van der Waals surface area contributed by atoms with Crippen molar-refractivity contribution >= 4 is 38.9 Å². The lowest BCUT2D eigenvalue weighted by atomic mass is 9.89. The van der Waals surface area contributed by atoms with Gasteiger partial charge in [0.2, 0.25) is 0 Å². The first-order chi connectivity index (χ1) is 34.0. The van der Waals surface area contributed by atoms with Crippen LogP contribution in [-0.4, -0.2) is 4.57 Å². The van der Waals surface area contributed by atoms with Gasteiger partial charge in [-0.2, -0.15) is 0 Å². The van der Waals surface area contributed by atoms with E-state index in [-0.39, 0.29) is 0 Å². The molecule has 11 rings (SSSR count). The Morgan fingerprint density at radius 1 is 0.319 bits per heavy atom. The maximum atomic E-state index is 2.46. The number of benzene rings is 10. The summed E-state index contributed by atoms with van der Waals surface area (Å²) in [5.41, 5.74) is 22.7. The third-order valence-corrected chi connectivity index (χ3v) is 13.1. The summed E-state index contributed by atoms with van der Waals surface area (Å²) in [7, 11) is 0. The van der Waals surface area contributed by atoms with Gasteiger partial charge in [0, 0.05) is 33.5 Å². The second-order valence-corrected chi connectivity index (χ2v) is 17.0. The fraction of sp³-hybridized carbons (Fsp3) is 0.104. The van der Waals surface area contributed by atoms with Crippen molar-refractivity contribution in [3.63, 3.8) is 0 Å². The average Bonchev–Trinajstić information content (AvgIpc) is 3.76. The van der Waals surface area contributed by atoms with Crippen LogP contribution in [0, 0.1) is 20.8 Å². The number of fused-ring (bicyclic) bond motifs is 3. The van der Waals surface area contributed by atoms with Crippen molar-refractivity contribution in [2.24, 2.45) is 0 Å². The molecule has 10 aromatic carbocycles. The van der Waals surface area contributed by atoms with Crippen molar-refractivity contribution in [3.05, 3.63) is 253 Å². The highest BCUT2D eigenvalue weighted by Crippen LogP contribution is 2.45. The SMILES string of the molecule is CC.CC.Cc1ccccc1-c1cccc(-c2cccc(N(c3ccc(-c4cccc5c4c4ccccc4n5-c4ccccc4)cc3)c3cc(-c4ccccc4)cc(-c4ccccc4)c3)c2C)c1C. The van der Waals surface area contributed by atoms with Gasteiger partial charge < -0.3 is 9.47 Å². The number of aryl methyl sites for hydroxylation is 1. The summed E-state index contributed by atoms with van der Waals surface area (Å²) in [6.45, 7) is 14.8. The van der Waals surface area contributed by atoms with Gasteiger partial charge in [0.05, 0.1) is 11.0 Å². The number of anilines is 3. The molecule has 0 bridgehead atoms. The Balaban J connectivity index is 0.00000145. The van der Waals surface area contributed by atoms with Crippen molar-refractivity contribution in [3.8, 4) is 61.3 Å². The number of nitrogens with zero attached hydrogens (tertiary/aromatic N) is 2. The smallest absolute Gasteiger partial charge is 0.0547 e. The molecule has 0 saturated heterocycles. The Labute approximate surface area is 409 Å². The van der Waals surface area contributed by atoms with E-state index in [2.05, 4.69) is 267 Å². The highest BCUT2D eigenvalue weighted by Gasteiger charge is 2.22. The van der Waals surface area contributed by atoms with Crippen molar-refractivity contribution in [2.45, 2.75) is 48.5 Å². The van der Waals surface area contributed by atoms with E-state index >= 15 is 0 Å². The first-order valence-corrected chi connectivity index (χ1v) is 24.5. The van der Waals surface area contributed by atoms with Gasteiger partial charge in [-0.3, -0.25) is 0 Å². The summed E-state index contributed by atoms with van der Waals surface area (Å²) < 4.78 is 2.39. The molecule has 11 aromatic rings. The number of rotatable bonds is 9. The quantitative estimate of drug-likeness (QED) is 0.140. The molecule has 2 nitrogen and oxygen atoms in total. The summed E-state index contributed by atoms with van der Waals surface area (Å²) in [5, 5.41) is 2.50. The fourth-order valence-corrected chi connectivity index (χ4v) is 9.92. The van der Waals surface area contributed by atoms with Crippen LogP contribution in [0.15, 0.2) is 237 Å². The molecule has 1 aromatic heterocycles. The van der Waals surface area contributed by atoms with Crippen LogP contribution in [0.1, 0.15) is 44.4 Å². The highest BCUT2D eigenvalue weighted by atomic mass is 15.1. The van der Waals surface area contributed by atoms with Gasteiger partial charge in [0.1, 0.15) is 0 Å².